The lowest BCUT2D eigenvalue weighted by atomic mass is 9.90. The predicted molar refractivity (Wildman–Crippen MR) is 130 cm³/mol. The van der Waals surface area contributed by atoms with Gasteiger partial charge in [0.05, 0.1) is 11.4 Å². The Kier molecular flexibility index (Phi) is 8.65. The van der Waals surface area contributed by atoms with Gasteiger partial charge in [-0.2, -0.15) is 0 Å². The number of anilines is 1. The van der Waals surface area contributed by atoms with Crippen molar-refractivity contribution in [2.75, 3.05) is 24.7 Å². The first-order chi connectivity index (χ1) is 13.9. The lowest BCUT2D eigenvalue weighted by Gasteiger charge is -2.26. The van der Waals surface area contributed by atoms with E-state index in [2.05, 4.69) is 20.9 Å². The lowest BCUT2D eigenvalue weighted by molar-refractivity contribution is -0.116. The van der Waals surface area contributed by atoms with E-state index in [0.717, 1.165) is 16.8 Å². The van der Waals surface area contributed by atoms with E-state index in [-0.39, 0.29) is 35.8 Å². The first-order valence-electron chi connectivity index (χ1n) is 9.56. The zero-order chi connectivity index (χ0) is 20.9. The van der Waals surface area contributed by atoms with Gasteiger partial charge >= 0.3 is 0 Å². The van der Waals surface area contributed by atoms with Gasteiger partial charge in [0.2, 0.25) is 5.91 Å². The maximum absolute atomic E-state index is 12.0. The third kappa shape index (κ3) is 6.43. The zero-order valence-corrected chi connectivity index (χ0v) is 20.2. The molecule has 1 unspecified atom stereocenters. The fourth-order valence-electron chi connectivity index (χ4n) is 3.26. The summed E-state index contributed by atoms with van der Waals surface area (Å²) in [6, 6.07) is 14.6. The van der Waals surface area contributed by atoms with E-state index >= 15 is 0 Å². The summed E-state index contributed by atoms with van der Waals surface area (Å²) in [6.45, 7) is 3.70. The summed E-state index contributed by atoms with van der Waals surface area (Å²) in [5.41, 5.74) is 2.90. The standard InChI is InChI=1S/C21H26N4O3S.HI/c1-3-22-21(23-13-15-8-10-17(11-9-15)29(2,27)28)24-14-16-12-20(26)25-19-7-5-4-6-18(16)19;/h4-11,16H,3,12-14H2,1-2H3,(H,25,26)(H2,22,23,24);1H. The first-order valence-corrected chi connectivity index (χ1v) is 11.5. The van der Waals surface area contributed by atoms with Crippen LogP contribution >= 0.6 is 24.0 Å². The van der Waals surface area contributed by atoms with Crippen LogP contribution in [0.15, 0.2) is 58.4 Å². The summed E-state index contributed by atoms with van der Waals surface area (Å²) < 4.78 is 23.1. The average molecular weight is 542 g/mol. The average Bonchev–Trinajstić information content (AvgIpc) is 2.69. The van der Waals surface area contributed by atoms with E-state index < -0.39 is 9.84 Å². The highest BCUT2D eigenvalue weighted by molar-refractivity contribution is 14.0. The van der Waals surface area contributed by atoms with Gasteiger partial charge in [-0.15, -0.1) is 24.0 Å². The van der Waals surface area contributed by atoms with Crippen molar-refractivity contribution in [2.45, 2.75) is 30.7 Å². The van der Waals surface area contributed by atoms with Crippen LogP contribution in [0.3, 0.4) is 0 Å². The Morgan fingerprint density at radius 3 is 2.50 bits per heavy atom. The maximum Gasteiger partial charge on any atom is 0.225 e. The molecular formula is C21H27IN4O3S. The number of amides is 1. The highest BCUT2D eigenvalue weighted by Gasteiger charge is 2.24. The Morgan fingerprint density at radius 2 is 1.83 bits per heavy atom. The number of sulfone groups is 1. The molecule has 1 heterocycles. The molecule has 30 heavy (non-hydrogen) atoms. The van der Waals surface area contributed by atoms with Gasteiger partial charge < -0.3 is 16.0 Å². The van der Waals surface area contributed by atoms with Crippen molar-refractivity contribution in [3.05, 3.63) is 59.7 Å². The third-order valence-electron chi connectivity index (χ3n) is 4.74. The molecule has 0 radical (unpaired) electrons. The molecule has 1 atom stereocenters. The summed E-state index contributed by atoms with van der Waals surface area (Å²) in [6.07, 6.45) is 1.62. The fourth-order valence-corrected chi connectivity index (χ4v) is 3.89. The van der Waals surface area contributed by atoms with Crippen LogP contribution < -0.4 is 16.0 Å². The Morgan fingerprint density at radius 1 is 1.13 bits per heavy atom. The van der Waals surface area contributed by atoms with Crippen LogP contribution in [-0.4, -0.2) is 39.6 Å². The van der Waals surface area contributed by atoms with Crippen LogP contribution in [-0.2, 0) is 21.2 Å². The largest absolute Gasteiger partial charge is 0.357 e. The number of aliphatic imine (C=N–C) groups is 1. The molecule has 2 aromatic carbocycles. The normalized spacial score (nSPS) is 16.1. The van der Waals surface area contributed by atoms with Gasteiger partial charge in [0, 0.05) is 37.4 Å². The zero-order valence-electron chi connectivity index (χ0n) is 17.0. The fraction of sp³-hybridized carbons (Fsp3) is 0.333. The number of benzene rings is 2. The number of hydrogen-bond donors (Lipinski definition) is 3. The summed E-state index contributed by atoms with van der Waals surface area (Å²) in [5, 5.41) is 9.44. The molecule has 9 heteroatoms. The summed E-state index contributed by atoms with van der Waals surface area (Å²) in [5.74, 6) is 0.740. The topological polar surface area (TPSA) is 99.7 Å². The molecule has 0 spiro atoms. The van der Waals surface area contributed by atoms with Gasteiger partial charge in [0.1, 0.15) is 0 Å². The molecule has 1 aliphatic heterocycles. The van der Waals surface area contributed by atoms with Crippen LogP contribution in [0.2, 0.25) is 0 Å². The molecule has 1 amide bonds. The second-order valence-electron chi connectivity index (χ2n) is 7.03. The maximum atomic E-state index is 12.0. The van der Waals surface area contributed by atoms with Crippen LogP contribution in [0.5, 0.6) is 0 Å². The molecular weight excluding hydrogens is 515 g/mol. The molecule has 3 N–H and O–H groups in total. The SMILES string of the molecule is CCNC(=NCc1ccc(S(C)(=O)=O)cc1)NCC1CC(=O)Nc2ccccc21.I. The predicted octanol–water partition coefficient (Wildman–Crippen LogP) is 2.89. The number of carbonyl (C=O) groups excluding carboxylic acids is 1. The van der Waals surface area contributed by atoms with Crippen LogP contribution in [0.4, 0.5) is 5.69 Å². The van der Waals surface area contributed by atoms with Crippen LogP contribution in [0.25, 0.3) is 0 Å². The van der Waals surface area contributed by atoms with Crippen molar-refractivity contribution in [1.29, 1.82) is 0 Å². The Bertz CT molecular complexity index is 1010. The van der Waals surface area contributed by atoms with Crippen molar-refractivity contribution < 1.29 is 13.2 Å². The van der Waals surface area contributed by atoms with Crippen molar-refractivity contribution in [3.8, 4) is 0 Å². The highest BCUT2D eigenvalue weighted by Crippen LogP contribution is 2.31. The molecule has 0 saturated heterocycles. The minimum absolute atomic E-state index is 0. The number of hydrogen-bond acceptors (Lipinski definition) is 4. The van der Waals surface area contributed by atoms with Gasteiger partial charge in [-0.25, -0.2) is 13.4 Å². The number of para-hydroxylation sites is 1. The Balaban J connectivity index is 0.00000320. The highest BCUT2D eigenvalue weighted by atomic mass is 127. The monoisotopic (exact) mass is 542 g/mol. The van der Waals surface area contributed by atoms with E-state index in [9.17, 15) is 13.2 Å². The van der Waals surface area contributed by atoms with Crippen molar-refractivity contribution in [3.63, 3.8) is 0 Å². The van der Waals surface area contributed by atoms with E-state index in [4.69, 9.17) is 0 Å². The number of rotatable bonds is 6. The quantitative estimate of drug-likeness (QED) is 0.296. The summed E-state index contributed by atoms with van der Waals surface area (Å²) in [4.78, 5) is 16.9. The van der Waals surface area contributed by atoms with E-state index in [1.54, 1.807) is 24.3 Å². The molecule has 0 fully saturated rings. The number of carbonyl (C=O) groups is 1. The number of halogens is 1. The Labute approximate surface area is 194 Å². The number of nitrogens with zero attached hydrogens (tertiary/aromatic N) is 1. The minimum Gasteiger partial charge on any atom is -0.357 e. The molecule has 1 aliphatic rings. The van der Waals surface area contributed by atoms with E-state index in [0.29, 0.717) is 36.9 Å². The second-order valence-corrected chi connectivity index (χ2v) is 9.04. The Hall–Kier alpha value is -2.14. The van der Waals surface area contributed by atoms with Gasteiger partial charge in [-0.1, -0.05) is 30.3 Å². The minimum atomic E-state index is -3.20. The van der Waals surface area contributed by atoms with Crippen molar-refractivity contribution in [2.24, 2.45) is 4.99 Å². The van der Waals surface area contributed by atoms with E-state index in [1.165, 1.54) is 6.26 Å². The third-order valence-corrected chi connectivity index (χ3v) is 5.87. The van der Waals surface area contributed by atoms with Gasteiger partial charge in [0.15, 0.2) is 15.8 Å². The van der Waals surface area contributed by atoms with Gasteiger partial charge in [0.25, 0.3) is 0 Å². The first kappa shape index (κ1) is 24.1. The number of nitrogens with one attached hydrogen (secondary N) is 3. The molecule has 162 valence electrons. The number of fused-ring (bicyclic) bond motifs is 1. The molecule has 0 aromatic heterocycles. The molecule has 0 bridgehead atoms. The molecule has 3 rings (SSSR count). The summed E-state index contributed by atoms with van der Waals surface area (Å²) in [7, 11) is -3.20. The number of guanidine groups is 1. The summed E-state index contributed by atoms with van der Waals surface area (Å²) >= 11 is 0. The van der Waals surface area contributed by atoms with Crippen LogP contribution in [0, 0.1) is 0 Å². The van der Waals surface area contributed by atoms with Crippen LogP contribution in [0.1, 0.15) is 30.4 Å². The van der Waals surface area contributed by atoms with Gasteiger partial charge in [-0.3, -0.25) is 4.79 Å². The molecule has 7 nitrogen and oxygen atoms in total. The lowest BCUT2D eigenvalue weighted by Crippen LogP contribution is -2.40. The van der Waals surface area contributed by atoms with Crippen molar-refractivity contribution >= 4 is 51.4 Å². The molecule has 2 aromatic rings. The molecule has 0 aliphatic carbocycles. The smallest absolute Gasteiger partial charge is 0.225 e. The van der Waals surface area contributed by atoms with E-state index in [1.807, 2.05) is 31.2 Å². The van der Waals surface area contributed by atoms with Crippen molar-refractivity contribution in [1.82, 2.24) is 10.6 Å². The molecule has 0 saturated carbocycles. The van der Waals surface area contributed by atoms with Gasteiger partial charge in [-0.05, 0) is 36.2 Å². The second kappa shape index (κ2) is 10.8.